The second-order valence-corrected chi connectivity index (χ2v) is 34.9. The molecule has 0 radical (unpaired) electrons. The van der Waals surface area contributed by atoms with E-state index in [1.807, 2.05) is 0 Å². The molecule has 15 aromatic carbocycles. The van der Waals surface area contributed by atoms with Crippen LogP contribution in [0, 0.1) is 0 Å². The maximum absolute atomic E-state index is 7.11. The molecule has 0 saturated carbocycles. The van der Waals surface area contributed by atoms with Gasteiger partial charge in [-0.05, 0) is 190 Å². The number of hydrogen-bond acceptors (Lipinski definition) is 3. The van der Waals surface area contributed by atoms with Crippen LogP contribution in [0.25, 0.3) is 127 Å². The van der Waals surface area contributed by atoms with Gasteiger partial charge in [0, 0.05) is 55.3 Å². The lowest BCUT2D eigenvalue weighted by atomic mass is 9.73. The van der Waals surface area contributed by atoms with E-state index >= 15 is 0 Å². The minimum absolute atomic E-state index is 0.0206. The molecule has 2 aliphatic rings. The lowest BCUT2D eigenvalue weighted by molar-refractivity contribution is 0.569. The van der Waals surface area contributed by atoms with Gasteiger partial charge < -0.3 is 18.8 Å². The number of hydrogen-bond donors (Lipinski definition) is 0. The highest BCUT2D eigenvalue weighted by molar-refractivity contribution is 6.14. The number of anilines is 6. The second kappa shape index (κ2) is 26.1. The third kappa shape index (κ3) is 11.8. The highest BCUT2D eigenvalue weighted by Gasteiger charge is 2.44. The van der Waals surface area contributed by atoms with Crippen LogP contribution in [0.15, 0.2) is 332 Å². The fourth-order valence-electron chi connectivity index (χ4n) is 17.7. The Balaban J connectivity index is 0.978. The Morgan fingerprint density at radius 3 is 1.32 bits per heavy atom. The van der Waals surface area contributed by atoms with Crippen molar-refractivity contribution in [3.05, 3.63) is 367 Å². The van der Waals surface area contributed by atoms with E-state index in [4.69, 9.17) is 4.42 Å². The summed E-state index contributed by atoms with van der Waals surface area (Å²) in [4.78, 5) is 5.35. The number of furan rings is 1. The number of rotatable bonds is 10. The first-order chi connectivity index (χ1) is 53.6. The summed E-state index contributed by atoms with van der Waals surface area (Å²) in [7, 11) is 0. The summed E-state index contributed by atoms with van der Waals surface area (Å²) in [6, 6.07) is 124. The minimum atomic E-state index is -0.301. The van der Waals surface area contributed by atoms with Crippen molar-refractivity contribution in [1.29, 1.82) is 0 Å². The molecule has 4 heteroatoms. The fraction of sp³-hybridized carbons (Fsp3) is 0.159. The lowest BCUT2D eigenvalue weighted by Crippen LogP contribution is -2.30. The summed E-state index contributed by atoms with van der Waals surface area (Å²) < 4.78 is 9.62. The molecule has 0 fully saturated rings. The number of para-hydroxylation sites is 4. The van der Waals surface area contributed by atoms with Crippen LogP contribution >= 0.6 is 0 Å². The summed E-state index contributed by atoms with van der Waals surface area (Å²) in [6.45, 7) is 28.1. The van der Waals surface area contributed by atoms with Gasteiger partial charge in [0.1, 0.15) is 11.2 Å². The smallest absolute Gasteiger partial charge is 0.143 e. The molecular weight excluding hydrogens is 1340 g/mol. The fourth-order valence-corrected chi connectivity index (χ4v) is 17.7. The Bertz CT molecular complexity index is 6460. The van der Waals surface area contributed by atoms with E-state index in [0.717, 1.165) is 134 Å². The standard InChI is InChI=1S/C107H91N3O/c1-104(2,3)76-51-46-68(47-52-76)72-48-54-86-96(62-72)110(92-55-49-71(67-30-16-13-17-31-67)60-87(92)69-32-18-14-19-33-69)98-64-75(74-58-78(106(7,8)9)65-79(59-74)107(10,11)12)63-97-102(98)101(86)89-61-73(50-56-94(89)109(97)93-57-53-77(105(4,5)6)66-88(93)70-34-20-15-21-35-70)100-83(85-41-28-40-84-82-38-24-27-45-99(82)111-103(84)85)39-29-44-95(100)108-90-42-25-22-36-80(90)81-37-23-26-43-91(81)108/h13-66,101H,1-12H3. The van der Waals surface area contributed by atoms with Crippen LogP contribution in [0.1, 0.15) is 128 Å². The van der Waals surface area contributed by atoms with Gasteiger partial charge in [-0.25, -0.2) is 0 Å². The highest BCUT2D eigenvalue weighted by atomic mass is 16.3. The van der Waals surface area contributed by atoms with Crippen LogP contribution in [0.4, 0.5) is 34.1 Å². The van der Waals surface area contributed by atoms with E-state index in [2.05, 4.69) is 425 Å². The van der Waals surface area contributed by atoms with E-state index in [9.17, 15) is 0 Å². The molecule has 0 saturated heterocycles. The number of fused-ring (bicyclic) bond motifs is 10. The van der Waals surface area contributed by atoms with Gasteiger partial charge in [-0.2, -0.15) is 0 Å². The quantitative estimate of drug-likeness (QED) is 0.136. The molecule has 2 aliphatic heterocycles. The molecule has 111 heavy (non-hydrogen) atoms. The molecule has 19 rings (SSSR count). The number of nitrogens with zero attached hydrogens (tertiary/aromatic N) is 3. The van der Waals surface area contributed by atoms with Gasteiger partial charge in [-0.15, -0.1) is 0 Å². The van der Waals surface area contributed by atoms with Crippen LogP contribution in [0.3, 0.4) is 0 Å². The molecule has 0 bridgehead atoms. The van der Waals surface area contributed by atoms with Crippen LogP contribution in [0.5, 0.6) is 0 Å². The molecule has 0 aliphatic carbocycles. The normalized spacial score (nSPS) is 13.6. The van der Waals surface area contributed by atoms with Gasteiger partial charge in [0.25, 0.3) is 0 Å². The Labute approximate surface area is 653 Å². The molecular formula is C107H91N3O. The van der Waals surface area contributed by atoms with Crippen molar-refractivity contribution in [1.82, 2.24) is 4.57 Å². The molecule has 4 heterocycles. The van der Waals surface area contributed by atoms with Crippen molar-refractivity contribution in [2.45, 2.75) is 111 Å². The minimum Gasteiger partial charge on any atom is -0.455 e. The maximum atomic E-state index is 7.11. The summed E-state index contributed by atoms with van der Waals surface area (Å²) in [6.07, 6.45) is 0. The van der Waals surface area contributed by atoms with Gasteiger partial charge in [0.15, 0.2) is 0 Å². The first-order valence-corrected chi connectivity index (χ1v) is 39.4. The van der Waals surface area contributed by atoms with E-state index in [0.29, 0.717) is 0 Å². The van der Waals surface area contributed by atoms with E-state index in [1.54, 1.807) is 0 Å². The van der Waals surface area contributed by atoms with Crippen LogP contribution in [0.2, 0.25) is 0 Å². The van der Waals surface area contributed by atoms with Crippen molar-refractivity contribution in [2.75, 3.05) is 9.80 Å². The number of benzene rings is 15. The molecule has 540 valence electrons. The molecule has 4 nitrogen and oxygen atoms in total. The van der Waals surface area contributed by atoms with Crippen LogP contribution < -0.4 is 9.80 Å². The van der Waals surface area contributed by atoms with E-state index in [-0.39, 0.29) is 27.6 Å². The molecule has 1 unspecified atom stereocenters. The SMILES string of the molecule is CC(C)(C)c1ccc(-c2ccc3c(c2)N(c2ccc(-c4ccccc4)cc2-c2ccccc2)c2cc(-c4cc(C(C)(C)C)cc(C(C)(C)C)c4)cc4c2C3c2cc(-c3c(-c5cccc6c5oc5ccccc56)cccc3-n3c5ccccc5c5ccccc53)ccc2N4c2ccc(C(C)(C)C)cc2-c2ccccc2)cc1. The highest BCUT2D eigenvalue weighted by Crippen LogP contribution is 2.64. The van der Waals surface area contributed by atoms with Crippen molar-refractivity contribution < 1.29 is 4.42 Å². The lowest BCUT2D eigenvalue weighted by Gasteiger charge is -2.46. The topological polar surface area (TPSA) is 24.6 Å². The summed E-state index contributed by atoms with van der Waals surface area (Å²) >= 11 is 0. The Morgan fingerprint density at radius 2 is 0.694 bits per heavy atom. The second-order valence-electron chi connectivity index (χ2n) is 34.9. The average Bonchev–Trinajstić information content (AvgIpc) is 1.01. The monoisotopic (exact) mass is 1430 g/mol. The Hall–Kier alpha value is -12.5. The number of aromatic nitrogens is 1. The largest absolute Gasteiger partial charge is 0.455 e. The van der Waals surface area contributed by atoms with Crippen molar-refractivity contribution >= 4 is 77.9 Å². The third-order valence-electron chi connectivity index (χ3n) is 23.6. The summed E-state index contributed by atoms with van der Waals surface area (Å²) in [5.74, 6) is -0.301. The molecule has 0 N–H and O–H groups in total. The predicted octanol–water partition coefficient (Wildman–Crippen LogP) is 30.3. The van der Waals surface area contributed by atoms with Crippen LogP contribution in [-0.4, -0.2) is 4.57 Å². The van der Waals surface area contributed by atoms with E-state index < -0.39 is 0 Å². The zero-order chi connectivity index (χ0) is 76.0. The molecule has 2 aromatic heterocycles. The maximum Gasteiger partial charge on any atom is 0.143 e. The van der Waals surface area contributed by atoms with Gasteiger partial charge in [0.2, 0.25) is 0 Å². The van der Waals surface area contributed by atoms with Crippen molar-refractivity contribution in [2.24, 2.45) is 0 Å². The molecule has 0 spiro atoms. The van der Waals surface area contributed by atoms with Gasteiger partial charge in [-0.3, -0.25) is 0 Å². The third-order valence-corrected chi connectivity index (χ3v) is 23.6. The van der Waals surface area contributed by atoms with Crippen LogP contribution in [-0.2, 0) is 21.7 Å². The molecule has 17 aromatic rings. The molecule has 0 amide bonds. The average molecular weight is 1430 g/mol. The van der Waals surface area contributed by atoms with Crippen molar-refractivity contribution in [3.63, 3.8) is 0 Å². The summed E-state index contributed by atoms with van der Waals surface area (Å²) in [5.41, 5.74) is 36.0. The zero-order valence-corrected chi connectivity index (χ0v) is 65.5. The molecule has 1 atom stereocenters. The first-order valence-electron chi connectivity index (χ1n) is 39.4. The Kier molecular flexibility index (Phi) is 16.2. The predicted molar refractivity (Wildman–Crippen MR) is 471 cm³/mol. The van der Waals surface area contributed by atoms with Gasteiger partial charge in [0.05, 0.1) is 50.8 Å². The van der Waals surface area contributed by atoms with Gasteiger partial charge in [-0.1, -0.05) is 332 Å². The zero-order valence-electron chi connectivity index (χ0n) is 65.5. The van der Waals surface area contributed by atoms with E-state index in [1.165, 1.54) is 66.4 Å². The van der Waals surface area contributed by atoms with Gasteiger partial charge >= 0.3 is 0 Å². The first kappa shape index (κ1) is 69.0. The van der Waals surface area contributed by atoms with Crippen molar-refractivity contribution in [3.8, 4) is 83.6 Å². The summed E-state index contributed by atoms with van der Waals surface area (Å²) in [5, 5.41) is 4.60. The Morgan fingerprint density at radius 1 is 0.243 bits per heavy atom.